The molecular formula is C21H21ClN4O2S. The summed E-state index contributed by atoms with van der Waals surface area (Å²) < 4.78 is 7.31. The second-order valence-electron chi connectivity index (χ2n) is 6.68. The monoisotopic (exact) mass is 428 g/mol. The molecule has 1 saturated heterocycles. The van der Waals surface area contributed by atoms with Crippen molar-refractivity contribution < 1.29 is 9.53 Å². The fourth-order valence-corrected chi connectivity index (χ4v) is 4.34. The number of carbonyl (C=O) groups excluding carboxylic acids is 1. The number of methoxy groups -OCH3 is 1. The first kappa shape index (κ1) is 19.8. The Morgan fingerprint density at radius 3 is 2.52 bits per heavy atom. The van der Waals surface area contributed by atoms with E-state index in [1.807, 2.05) is 58.0 Å². The van der Waals surface area contributed by atoms with Crippen molar-refractivity contribution in [2.45, 2.75) is 18.0 Å². The lowest BCUT2D eigenvalue weighted by atomic mass is 10.2. The zero-order valence-electron chi connectivity index (χ0n) is 16.0. The Labute approximate surface area is 178 Å². The highest BCUT2D eigenvalue weighted by molar-refractivity contribution is 7.99. The highest BCUT2D eigenvalue weighted by atomic mass is 35.5. The minimum Gasteiger partial charge on any atom is -0.497 e. The predicted molar refractivity (Wildman–Crippen MR) is 115 cm³/mol. The lowest BCUT2D eigenvalue weighted by Gasteiger charge is -2.15. The van der Waals surface area contributed by atoms with Gasteiger partial charge in [-0.05, 0) is 55.0 Å². The molecule has 1 aliphatic heterocycles. The van der Waals surface area contributed by atoms with Gasteiger partial charge in [0, 0.05) is 41.5 Å². The third-order valence-corrected chi connectivity index (χ3v) is 5.99. The van der Waals surface area contributed by atoms with E-state index in [0.717, 1.165) is 53.2 Å². The quantitative estimate of drug-likeness (QED) is 0.525. The Kier molecular flexibility index (Phi) is 6.06. The van der Waals surface area contributed by atoms with Crippen LogP contribution in [-0.2, 0) is 4.79 Å². The summed E-state index contributed by atoms with van der Waals surface area (Å²) in [5.74, 6) is 2.54. The first-order valence-corrected chi connectivity index (χ1v) is 10.8. The molecule has 1 fully saturated rings. The molecule has 150 valence electrons. The van der Waals surface area contributed by atoms with Crippen LogP contribution in [0.25, 0.3) is 17.1 Å². The van der Waals surface area contributed by atoms with Crippen molar-refractivity contribution in [1.82, 2.24) is 19.7 Å². The molecule has 1 amide bonds. The molecule has 29 heavy (non-hydrogen) atoms. The molecule has 0 bridgehead atoms. The topological polar surface area (TPSA) is 60.2 Å². The number of nitrogens with zero attached hydrogens (tertiary/aromatic N) is 4. The third-order valence-electron chi connectivity index (χ3n) is 4.83. The van der Waals surface area contributed by atoms with Crippen LogP contribution in [0.2, 0.25) is 5.02 Å². The minimum atomic E-state index is 0.240. The van der Waals surface area contributed by atoms with Gasteiger partial charge in [0.05, 0.1) is 7.11 Å². The van der Waals surface area contributed by atoms with Gasteiger partial charge in [-0.2, -0.15) is 0 Å². The summed E-state index contributed by atoms with van der Waals surface area (Å²) >= 11 is 7.64. The number of amides is 1. The Bertz CT molecular complexity index is 989. The van der Waals surface area contributed by atoms with Crippen molar-refractivity contribution in [3.63, 3.8) is 0 Å². The van der Waals surface area contributed by atoms with Gasteiger partial charge in [-0.1, -0.05) is 23.4 Å². The Balaban J connectivity index is 1.63. The van der Waals surface area contributed by atoms with Gasteiger partial charge in [-0.3, -0.25) is 9.36 Å². The molecule has 0 atom stereocenters. The Morgan fingerprint density at radius 1 is 1.10 bits per heavy atom. The van der Waals surface area contributed by atoms with E-state index in [2.05, 4.69) is 10.2 Å². The van der Waals surface area contributed by atoms with Crippen molar-refractivity contribution in [3.05, 3.63) is 53.6 Å². The summed E-state index contributed by atoms with van der Waals surface area (Å²) in [4.78, 5) is 13.8. The molecule has 0 N–H and O–H groups in total. The van der Waals surface area contributed by atoms with E-state index in [0.29, 0.717) is 11.4 Å². The first-order valence-electron chi connectivity index (χ1n) is 9.42. The van der Waals surface area contributed by atoms with Crippen molar-refractivity contribution >= 4 is 29.3 Å². The van der Waals surface area contributed by atoms with Gasteiger partial charge in [-0.15, -0.1) is 10.2 Å². The van der Waals surface area contributed by atoms with Crippen LogP contribution in [0, 0.1) is 0 Å². The first-order chi connectivity index (χ1) is 14.2. The molecule has 0 spiro atoms. The number of halogens is 1. The third kappa shape index (κ3) is 4.41. The predicted octanol–water partition coefficient (Wildman–Crippen LogP) is 4.31. The molecule has 0 aliphatic carbocycles. The van der Waals surface area contributed by atoms with Crippen LogP contribution in [0.15, 0.2) is 53.7 Å². The van der Waals surface area contributed by atoms with E-state index in [1.54, 1.807) is 18.9 Å². The number of aromatic nitrogens is 3. The molecular weight excluding hydrogens is 408 g/mol. The smallest absolute Gasteiger partial charge is 0.222 e. The average Bonchev–Trinajstić information content (AvgIpc) is 3.35. The summed E-state index contributed by atoms with van der Waals surface area (Å²) in [6.45, 7) is 1.57. The lowest BCUT2D eigenvalue weighted by Crippen LogP contribution is -2.27. The van der Waals surface area contributed by atoms with Crippen LogP contribution in [0.5, 0.6) is 5.75 Å². The minimum absolute atomic E-state index is 0.240. The second-order valence-corrected chi connectivity index (χ2v) is 8.18. The Hall–Kier alpha value is -2.51. The van der Waals surface area contributed by atoms with Gasteiger partial charge >= 0.3 is 0 Å². The number of hydrogen-bond donors (Lipinski definition) is 0. The molecule has 8 heteroatoms. The molecule has 0 saturated carbocycles. The van der Waals surface area contributed by atoms with Gasteiger partial charge in [0.1, 0.15) is 5.75 Å². The number of ether oxygens (including phenoxy) is 1. The van der Waals surface area contributed by atoms with Crippen molar-refractivity contribution in [3.8, 4) is 22.8 Å². The largest absolute Gasteiger partial charge is 0.497 e. The Morgan fingerprint density at radius 2 is 1.86 bits per heavy atom. The van der Waals surface area contributed by atoms with Crippen molar-refractivity contribution in [2.24, 2.45) is 0 Å². The zero-order chi connectivity index (χ0) is 20.2. The van der Waals surface area contributed by atoms with E-state index in [1.165, 1.54) is 0 Å². The summed E-state index contributed by atoms with van der Waals surface area (Å²) in [7, 11) is 1.65. The molecule has 1 aromatic heterocycles. The van der Waals surface area contributed by atoms with Gasteiger partial charge in [-0.25, -0.2) is 0 Å². The summed E-state index contributed by atoms with van der Waals surface area (Å²) in [5.41, 5.74) is 1.87. The molecule has 1 aliphatic rings. The SMILES string of the molecule is COc1ccc(-n2c(SCCN3CCCC3=O)nnc2-c2ccc(Cl)cc2)cc1. The maximum absolute atomic E-state index is 11.8. The van der Waals surface area contributed by atoms with Crippen LogP contribution in [0.1, 0.15) is 12.8 Å². The summed E-state index contributed by atoms with van der Waals surface area (Å²) in [6, 6.07) is 15.3. The van der Waals surface area contributed by atoms with Crippen LogP contribution < -0.4 is 4.74 Å². The summed E-state index contributed by atoms with van der Waals surface area (Å²) in [5, 5.41) is 10.3. The number of likely N-dealkylation sites (tertiary alicyclic amines) is 1. The normalized spacial score (nSPS) is 13.9. The van der Waals surface area contributed by atoms with E-state index in [9.17, 15) is 4.79 Å². The van der Waals surface area contributed by atoms with E-state index in [4.69, 9.17) is 16.3 Å². The zero-order valence-corrected chi connectivity index (χ0v) is 17.6. The summed E-state index contributed by atoms with van der Waals surface area (Å²) in [6.07, 6.45) is 1.61. The average molecular weight is 429 g/mol. The number of thioether (sulfide) groups is 1. The van der Waals surface area contributed by atoms with Crippen LogP contribution in [0.3, 0.4) is 0 Å². The number of hydrogen-bond acceptors (Lipinski definition) is 5. The second kappa shape index (κ2) is 8.88. The van der Waals surface area contributed by atoms with Crippen LogP contribution in [-0.4, -0.2) is 51.5 Å². The maximum Gasteiger partial charge on any atom is 0.222 e. The highest BCUT2D eigenvalue weighted by Crippen LogP contribution is 2.29. The standard InChI is InChI=1S/C21H21ClN4O2S/c1-28-18-10-8-17(9-11-18)26-20(15-4-6-16(22)7-5-15)23-24-21(26)29-14-13-25-12-2-3-19(25)27/h4-11H,2-3,12-14H2,1H3. The number of carbonyl (C=O) groups is 1. The fraction of sp³-hybridized carbons (Fsp3) is 0.286. The number of benzene rings is 2. The van der Waals surface area contributed by atoms with E-state index < -0.39 is 0 Å². The molecule has 2 aromatic carbocycles. The van der Waals surface area contributed by atoms with Gasteiger partial charge in [0.25, 0.3) is 0 Å². The van der Waals surface area contributed by atoms with Crippen LogP contribution >= 0.6 is 23.4 Å². The molecule has 2 heterocycles. The van der Waals surface area contributed by atoms with Gasteiger partial charge in [0.2, 0.25) is 5.91 Å². The fourth-order valence-electron chi connectivity index (χ4n) is 3.30. The molecule has 4 rings (SSSR count). The van der Waals surface area contributed by atoms with E-state index in [-0.39, 0.29) is 5.91 Å². The highest BCUT2D eigenvalue weighted by Gasteiger charge is 2.21. The number of rotatable bonds is 7. The molecule has 6 nitrogen and oxygen atoms in total. The van der Waals surface area contributed by atoms with Gasteiger partial charge < -0.3 is 9.64 Å². The molecule has 0 radical (unpaired) electrons. The van der Waals surface area contributed by atoms with Crippen molar-refractivity contribution in [2.75, 3.05) is 26.0 Å². The van der Waals surface area contributed by atoms with Gasteiger partial charge in [0.15, 0.2) is 11.0 Å². The van der Waals surface area contributed by atoms with E-state index >= 15 is 0 Å². The van der Waals surface area contributed by atoms with Crippen LogP contribution in [0.4, 0.5) is 0 Å². The lowest BCUT2D eigenvalue weighted by molar-refractivity contribution is -0.127. The molecule has 3 aromatic rings. The maximum atomic E-state index is 11.8. The molecule has 0 unspecified atom stereocenters. The van der Waals surface area contributed by atoms with Crippen molar-refractivity contribution in [1.29, 1.82) is 0 Å².